The molecule has 244 valence electrons. The van der Waals surface area contributed by atoms with Crippen molar-refractivity contribution < 1.29 is 42.8 Å². The van der Waals surface area contributed by atoms with Crippen LogP contribution in [0.15, 0.2) is 77.0 Å². The number of nitrogens with zero attached hydrogens (tertiary/aromatic N) is 1. The van der Waals surface area contributed by atoms with Crippen LogP contribution in [0.1, 0.15) is 43.5 Å². The Kier molecular flexibility index (Phi) is 11.8. The Morgan fingerprint density at radius 1 is 1.00 bits per heavy atom. The number of aliphatic hydroxyl groups is 1. The van der Waals surface area contributed by atoms with Crippen LogP contribution in [0.5, 0.6) is 23.0 Å². The smallest absolute Gasteiger partial charge is 0.337 e. The average Bonchev–Trinajstić information content (AvgIpc) is 3.04. The summed E-state index contributed by atoms with van der Waals surface area (Å²) in [6.07, 6.45) is 0.314. The zero-order valence-electron chi connectivity index (χ0n) is 26.0. The minimum absolute atomic E-state index is 0.0432. The van der Waals surface area contributed by atoms with Gasteiger partial charge in [-0.1, -0.05) is 24.3 Å². The van der Waals surface area contributed by atoms with Crippen molar-refractivity contribution in [3.63, 3.8) is 0 Å². The number of methoxy groups -OCH3 is 1. The fourth-order valence-electron chi connectivity index (χ4n) is 4.58. The van der Waals surface area contributed by atoms with Crippen LogP contribution < -0.4 is 35.0 Å². The topological polar surface area (TPSA) is 149 Å². The molecule has 0 spiro atoms. The number of halogens is 1. The number of ether oxygens (including phenoxy) is 5. The number of hydrogen-bond acceptors (Lipinski definition) is 10. The fourth-order valence-corrected chi connectivity index (χ4v) is 4.58. The first-order chi connectivity index (χ1) is 22.2. The van der Waals surface area contributed by atoms with Gasteiger partial charge in [-0.15, -0.1) is 0 Å². The molecule has 0 radical (unpaired) electrons. The number of hydrogen-bond donors (Lipinski definition) is 4. The number of carbonyl (C=O) groups excluding carboxylic acids is 2. The third-order valence-electron chi connectivity index (χ3n) is 6.72. The molecule has 0 unspecified atom stereocenters. The summed E-state index contributed by atoms with van der Waals surface area (Å²) in [4.78, 5) is 24.6. The maximum atomic E-state index is 14.0. The van der Waals surface area contributed by atoms with Gasteiger partial charge in [0.25, 0.3) is 0 Å². The second-order valence-electron chi connectivity index (χ2n) is 9.93. The van der Waals surface area contributed by atoms with E-state index in [1.54, 1.807) is 68.4 Å². The van der Waals surface area contributed by atoms with Crippen molar-refractivity contribution in [2.45, 2.75) is 39.6 Å². The van der Waals surface area contributed by atoms with Crippen molar-refractivity contribution >= 4 is 18.2 Å². The minimum Gasteiger partial charge on any atom is -0.490 e. The lowest BCUT2D eigenvalue weighted by molar-refractivity contribution is -0.136. The molecule has 3 aromatic carbocycles. The molecule has 1 aliphatic rings. The first-order valence-corrected chi connectivity index (χ1v) is 14.6. The van der Waals surface area contributed by atoms with Crippen LogP contribution >= 0.6 is 0 Å². The van der Waals surface area contributed by atoms with Crippen LogP contribution in [0.2, 0.25) is 0 Å². The minimum atomic E-state index is -1.18. The van der Waals surface area contributed by atoms with E-state index in [9.17, 15) is 19.1 Å². The molecule has 0 fully saturated rings. The van der Waals surface area contributed by atoms with Crippen molar-refractivity contribution in [3.05, 3.63) is 94.4 Å². The Morgan fingerprint density at radius 2 is 1.70 bits per heavy atom. The Balaban J connectivity index is 1.38. The quantitative estimate of drug-likeness (QED) is 0.0828. The predicted molar refractivity (Wildman–Crippen MR) is 167 cm³/mol. The number of benzene rings is 3. The second-order valence-corrected chi connectivity index (χ2v) is 9.93. The van der Waals surface area contributed by atoms with Gasteiger partial charge in [-0.05, 0) is 68.3 Å². The van der Waals surface area contributed by atoms with E-state index in [0.717, 1.165) is 0 Å². The maximum Gasteiger partial charge on any atom is 0.337 e. The largest absolute Gasteiger partial charge is 0.490 e. The third kappa shape index (κ3) is 8.66. The number of urea groups is 1. The number of nitrogens with one attached hydrogen (secondary N) is 3. The molecular weight excluding hydrogens is 599 g/mol. The number of carbonyl (C=O) groups is 2. The molecular formula is C33H37FN4O8. The van der Waals surface area contributed by atoms with Gasteiger partial charge in [0.05, 0.1) is 38.2 Å². The van der Waals surface area contributed by atoms with E-state index in [-0.39, 0.29) is 24.6 Å². The highest BCUT2D eigenvalue weighted by molar-refractivity contribution is 5.95. The summed E-state index contributed by atoms with van der Waals surface area (Å²) >= 11 is 0. The lowest BCUT2D eigenvalue weighted by atomic mass is 9.95. The van der Waals surface area contributed by atoms with Crippen molar-refractivity contribution in [2.75, 3.05) is 26.9 Å². The summed E-state index contributed by atoms with van der Waals surface area (Å²) in [7, 11) is 1.27. The van der Waals surface area contributed by atoms with Crippen molar-refractivity contribution in [1.29, 1.82) is 0 Å². The van der Waals surface area contributed by atoms with Crippen LogP contribution in [-0.4, -0.2) is 56.5 Å². The van der Waals surface area contributed by atoms with Gasteiger partial charge in [0.15, 0.2) is 29.2 Å². The van der Waals surface area contributed by atoms with Crippen molar-refractivity contribution in [2.24, 2.45) is 5.10 Å². The molecule has 1 aliphatic heterocycles. The van der Waals surface area contributed by atoms with Gasteiger partial charge in [0.2, 0.25) is 0 Å². The van der Waals surface area contributed by atoms with E-state index in [0.29, 0.717) is 58.6 Å². The van der Waals surface area contributed by atoms with Gasteiger partial charge in [0.1, 0.15) is 19.0 Å². The van der Waals surface area contributed by atoms with Crippen LogP contribution in [0, 0.1) is 5.82 Å². The lowest BCUT2D eigenvalue weighted by Crippen LogP contribution is -2.45. The summed E-state index contributed by atoms with van der Waals surface area (Å²) in [6, 6.07) is 15.3. The number of allylic oxidation sites excluding steroid dienone is 1. The van der Waals surface area contributed by atoms with Crippen molar-refractivity contribution in [3.8, 4) is 23.0 Å². The van der Waals surface area contributed by atoms with Gasteiger partial charge in [-0.3, -0.25) is 5.43 Å². The molecule has 0 saturated carbocycles. The molecule has 4 rings (SSSR count). The van der Waals surface area contributed by atoms with E-state index in [1.165, 1.54) is 19.4 Å². The number of amides is 2. The normalized spacial score (nSPS) is 15.1. The molecule has 12 nitrogen and oxygen atoms in total. The predicted octanol–water partition coefficient (Wildman–Crippen LogP) is 4.32. The number of hydrazone groups is 1. The second kappa shape index (κ2) is 16.1. The van der Waals surface area contributed by atoms with Gasteiger partial charge < -0.3 is 39.4 Å². The summed E-state index contributed by atoms with van der Waals surface area (Å²) in [5.41, 5.74) is 4.91. The molecule has 0 bridgehead atoms. The number of rotatable bonds is 15. The van der Waals surface area contributed by atoms with Crippen LogP contribution in [0.4, 0.5) is 9.18 Å². The van der Waals surface area contributed by atoms with E-state index < -0.39 is 24.3 Å². The first kappa shape index (κ1) is 33.6. The summed E-state index contributed by atoms with van der Waals surface area (Å²) in [6.45, 7) is 5.84. The molecule has 46 heavy (non-hydrogen) atoms. The molecule has 4 N–H and O–H groups in total. The third-order valence-corrected chi connectivity index (χ3v) is 6.72. The summed E-state index contributed by atoms with van der Waals surface area (Å²) < 4.78 is 41.9. The first-order valence-electron chi connectivity index (χ1n) is 14.6. The van der Waals surface area contributed by atoms with Crippen LogP contribution in [0.3, 0.4) is 0 Å². The van der Waals surface area contributed by atoms with E-state index in [4.69, 9.17) is 23.7 Å². The molecule has 0 saturated heterocycles. The molecule has 13 heteroatoms. The van der Waals surface area contributed by atoms with E-state index in [1.807, 2.05) is 6.92 Å². The summed E-state index contributed by atoms with van der Waals surface area (Å²) in [5, 5.41) is 19.9. The van der Waals surface area contributed by atoms with Crippen LogP contribution in [-0.2, 0) is 16.1 Å². The zero-order chi connectivity index (χ0) is 33.1. The highest BCUT2D eigenvalue weighted by atomic mass is 19.1. The highest BCUT2D eigenvalue weighted by Gasteiger charge is 2.32. The summed E-state index contributed by atoms with van der Waals surface area (Å²) in [5.74, 6) is 0.676. The monoisotopic (exact) mass is 636 g/mol. The van der Waals surface area contributed by atoms with Gasteiger partial charge in [0, 0.05) is 11.3 Å². The number of esters is 1. The fraction of sp³-hybridized carbons (Fsp3) is 0.303. The number of aliphatic hydroxyl groups excluding tert-OH is 1. The Labute approximate surface area is 266 Å². The van der Waals surface area contributed by atoms with Gasteiger partial charge in [-0.25, -0.2) is 14.0 Å². The zero-order valence-corrected chi connectivity index (χ0v) is 26.0. The standard InChI is InChI=1S/C33H37FN4O8/c1-5-43-27-15-21(11-13-25(27)45-18-23-9-7-8-10-24(23)34)17-35-38-29(39)19-46-26-14-12-22(16-28(26)44-6-2)31-30(32(40)42-4)20(3)36-33(41)37-31/h7-17,29,31,38-39H,5-6,18-19H2,1-4H3,(H2,36,37,41)/b35-17-/t29-,31+/m1/s1. The molecule has 2 atom stereocenters. The van der Waals surface area contributed by atoms with Crippen molar-refractivity contribution in [1.82, 2.24) is 16.1 Å². The Bertz CT molecular complexity index is 1600. The Morgan fingerprint density at radius 3 is 2.41 bits per heavy atom. The van der Waals surface area contributed by atoms with Crippen LogP contribution in [0.25, 0.3) is 0 Å². The molecule has 3 aromatic rings. The van der Waals surface area contributed by atoms with Gasteiger partial charge in [-0.2, -0.15) is 5.10 Å². The Hall–Kier alpha value is -5.30. The van der Waals surface area contributed by atoms with E-state index in [2.05, 4.69) is 21.2 Å². The highest BCUT2D eigenvalue weighted by Crippen LogP contribution is 2.35. The molecule has 2 amide bonds. The van der Waals surface area contributed by atoms with E-state index >= 15 is 0 Å². The lowest BCUT2D eigenvalue weighted by Gasteiger charge is -2.28. The SMILES string of the molecule is CCOc1cc(/C=N\N[C@H](O)COc2ccc([C@@H]3NC(=O)NC(C)=C3C(=O)OC)cc2OCC)ccc1OCc1ccccc1F. The molecule has 0 aromatic heterocycles. The molecule has 0 aliphatic carbocycles. The molecule has 1 heterocycles. The maximum absolute atomic E-state index is 14.0. The average molecular weight is 637 g/mol. The van der Waals surface area contributed by atoms with Gasteiger partial charge >= 0.3 is 12.0 Å².